The highest BCUT2D eigenvalue weighted by molar-refractivity contribution is 7.86. The molecule has 0 atom stereocenters. The molecule has 1 aliphatic heterocycles. The van der Waals surface area contributed by atoms with E-state index in [2.05, 4.69) is 5.32 Å². The topological polar surface area (TPSA) is 52.7 Å². The average Bonchev–Trinajstić information content (AvgIpc) is 3.29. The lowest BCUT2D eigenvalue weighted by Gasteiger charge is -2.35. The molecule has 6 heteroatoms. The zero-order valence-corrected chi connectivity index (χ0v) is 13.2. The van der Waals surface area contributed by atoms with Crippen molar-refractivity contribution in [3.63, 3.8) is 0 Å². The molecule has 3 aliphatic rings. The van der Waals surface area contributed by atoms with Gasteiger partial charge in [-0.1, -0.05) is 0 Å². The van der Waals surface area contributed by atoms with Crippen LogP contribution in [0.4, 0.5) is 0 Å². The molecule has 0 bridgehead atoms. The van der Waals surface area contributed by atoms with Gasteiger partial charge in [-0.25, -0.2) is 0 Å². The summed E-state index contributed by atoms with van der Waals surface area (Å²) in [7, 11) is -1.24. The van der Waals surface area contributed by atoms with Crippen LogP contribution in [0.2, 0.25) is 0 Å². The molecule has 1 N–H and O–H groups in total. The Morgan fingerprint density at radius 3 is 2.20 bits per heavy atom. The first kappa shape index (κ1) is 14.8. The molecule has 3 rings (SSSR count). The monoisotopic (exact) mass is 301 g/mol. The second kappa shape index (κ2) is 5.91. The fourth-order valence-corrected chi connectivity index (χ4v) is 5.09. The van der Waals surface area contributed by atoms with E-state index in [0.29, 0.717) is 31.0 Å². The number of nitrogens with zero attached hydrogens (tertiary/aromatic N) is 2. The first-order valence-electron chi connectivity index (χ1n) is 8.02. The van der Waals surface area contributed by atoms with E-state index in [0.717, 1.165) is 38.8 Å². The molecule has 3 fully saturated rings. The molecule has 0 aromatic heterocycles. The summed E-state index contributed by atoms with van der Waals surface area (Å²) >= 11 is 0. The molecule has 0 amide bonds. The Labute approximate surface area is 122 Å². The number of hydrogen-bond donors (Lipinski definition) is 1. The van der Waals surface area contributed by atoms with E-state index in [1.54, 1.807) is 4.31 Å². The summed E-state index contributed by atoms with van der Waals surface area (Å²) in [5.74, 6) is 1.26. The van der Waals surface area contributed by atoms with Crippen molar-refractivity contribution >= 4 is 10.2 Å². The van der Waals surface area contributed by atoms with Gasteiger partial charge in [0.05, 0.1) is 0 Å². The summed E-state index contributed by atoms with van der Waals surface area (Å²) in [6.45, 7) is 3.16. The predicted octanol–water partition coefficient (Wildman–Crippen LogP) is 1.04. The van der Waals surface area contributed by atoms with Gasteiger partial charge in [0.1, 0.15) is 0 Å². The maximum Gasteiger partial charge on any atom is 0.282 e. The molecular formula is C14H27N3O2S. The van der Waals surface area contributed by atoms with Crippen LogP contribution in [0.1, 0.15) is 38.5 Å². The van der Waals surface area contributed by atoms with Gasteiger partial charge in [-0.15, -0.1) is 0 Å². The van der Waals surface area contributed by atoms with E-state index in [9.17, 15) is 8.42 Å². The summed E-state index contributed by atoms with van der Waals surface area (Å²) in [6.07, 6.45) is 6.51. The minimum atomic E-state index is -3.21. The smallest absolute Gasteiger partial charge is 0.282 e. The van der Waals surface area contributed by atoms with E-state index in [-0.39, 0.29) is 0 Å². The number of nitrogens with one attached hydrogen (secondary N) is 1. The van der Waals surface area contributed by atoms with Gasteiger partial charge in [-0.05, 0) is 64.0 Å². The van der Waals surface area contributed by atoms with Gasteiger partial charge in [0.2, 0.25) is 0 Å². The van der Waals surface area contributed by atoms with Crippen LogP contribution in [0, 0.1) is 11.8 Å². The fraction of sp³-hybridized carbons (Fsp3) is 1.00. The molecule has 20 heavy (non-hydrogen) atoms. The van der Waals surface area contributed by atoms with Crippen LogP contribution in [-0.4, -0.2) is 56.3 Å². The predicted molar refractivity (Wildman–Crippen MR) is 79.6 cm³/mol. The summed E-state index contributed by atoms with van der Waals surface area (Å²) in [6, 6.07) is 0.302. The highest BCUT2D eigenvalue weighted by Crippen LogP contribution is 2.37. The normalized spacial score (nSPS) is 26.3. The maximum atomic E-state index is 12.8. The summed E-state index contributed by atoms with van der Waals surface area (Å²) < 4.78 is 29.2. The minimum absolute atomic E-state index is 0.302. The second-order valence-electron chi connectivity index (χ2n) is 6.65. The highest BCUT2D eigenvalue weighted by Gasteiger charge is 2.43. The van der Waals surface area contributed by atoms with Crippen molar-refractivity contribution in [1.82, 2.24) is 13.9 Å². The van der Waals surface area contributed by atoms with Crippen molar-refractivity contribution < 1.29 is 8.42 Å². The Balaban J connectivity index is 1.61. The molecular weight excluding hydrogens is 274 g/mol. The molecule has 0 aromatic carbocycles. The van der Waals surface area contributed by atoms with Crippen LogP contribution in [0.3, 0.4) is 0 Å². The minimum Gasteiger partial charge on any atom is -0.319 e. The largest absolute Gasteiger partial charge is 0.319 e. The molecule has 2 aliphatic carbocycles. The molecule has 116 valence electrons. The molecule has 5 nitrogen and oxygen atoms in total. The van der Waals surface area contributed by atoms with Gasteiger partial charge < -0.3 is 5.32 Å². The quantitative estimate of drug-likeness (QED) is 0.764. The average molecular weight is 301 g/mol. The van der Waals surface area contributed by atoms with Crippen molar-refractivity contribution in [2.45, 2.75) is 44.6 Å². The van der Waals surface area contributed by atoms with Crippen molar-refractivity contribution in [3.05, 3.63) is 0 Å². The SMILES string of the molecule is CNCC1CCN(S(=O)(=O)N(CC2CC2)C2CC2)CC1. The lowest BCUT2D eigenvalue weighted by atomic mass is 9.98. The third-order valence-corrected chi connectivity index (χ3v) is 6.84. The number of piperidine rings is 1. The Morgan fingerprint density at radius 1 is 1.05 bits per heavy atom. The number of rotatable bonds is 7. The lowest BCUT2D eigenvalue weighted by molar-refractivity contribution is 0.248. The number of hydrogen-bond acceptors (Lipinski definition) is 3. The second-order valence-corrected chi connectivity index (χ2v) is 8.53. The van der Waals surface area contributed by atoms with Gasteiger partial charge in [-0.2, -0.15) is 17.0 Å². The third-order valence-electron chi connectivity index (χ3n) is 4.78. The zero-order valence-electron chi connectivity index (χ0n) is 12.4. The third kappa shape index (κ3) is 3.35. The highest BCUT2D eigenvalue weighted by atomic mass is 32.2. The Morgan fingerprint density at radius 2 is 1.70 bits per heavy atom. The van der Waals surface area contributed by atoms with Crippen LogP contribution in [0.25, 0.3) is 0 Å². The maximum absolute atomic E-state index is 12.8. The molecule has 0 spiro atoms. The standard InChI is InChI=1S/C14H27N3O2S/c1-15-10-12-6-8-16(9-7-12)20(18,19)17(14-4-5-14)11-13-2-3-13/h12-15H,2-11H2,1H3. The van der Waals surface area contributed by atoms with Crippen LogP contribution in [0.5, 0.6) is 0 Å². The van der Waals surface area contributed by atoms with Gasteiger partial charge in [-0.3, -0.25) is 0 Å². The Bertz CT molecular complexity index is 424. The fourth-order valence-electron chi connectivity index (χ4n) is 3.13. The van der Waals surface area contributed by atoms with E-state index in [4.69, 9.17) is 0 Å². The lowest BCUT2D eigenvalue weighted by Crippen LogP contribution is -2.49. The summed E-state index contributed by atoms with van der Waals surface area (Å²) in [5.41, 5.74) is 0. The van der Waals surface area contributed by atoms with Crippen LogP contribution < -0.4 is 5.32 Å². The van der Waals surface area contributed by atoms with E-state index in [1.807, 2.05) is 11.4 Å². The van der Waals surface area contributed by atoms with Crippen molar-refractivity contribution in [2.24, 2.45) is 11.8 Å². The van der Waals surface area contributed by atoms with Crippen LogP contribution in [-0.2, 0) is 10.2 Å². The molecule has 1 heterocycles. The van der Waals surface area contributed by atoms with Gasteiger partial charge in [0, 0.05) is 25.7 Å². The first-order valence-corrected chi connectivity index (χ1v) is 9.42. The molecule has 0 aromatic rings. The van der Waals surface area contributed by atoms with Gasteiger partial charge in [0.15, 0.2) is 0 Å². The molecule has 1 saturated heterocycles. The Kier molecular flexibility index (Phi) is 4.36. The molecule has 0 radical (unpaired) electrons. The molecule has 2 saturated carbocycles. The summed E-state index contributed by atoms with van der Waals surface area (Å²) in [4.78, 5) is 0. The molecule has 0 unspecified atom stereocenters. The first-order chi connectivity index (χ1) is 9.61. The van der Waals surface area contributed by atoms with Crippen molar-refractivity contribution in [3.8, 4) is 0 Å². The van der Waals surface area contributed by atoms with Crippen LogP contribution >= 0.6 is 0 Å². The zero-order chi connectivity index (χ0) is 14.2. The van der Waals surface area contributed by atoms with E-state index < -0.39 is 10.2 Å². The van der Waals surface area contributed by atoms with Gasteiger partial charge in [0.25, 0.3) is 10.2 Å². The van der Waals surface area contributed by atoms with Crippen molar-refractivity contribution in [2.75, 3.05) is 33.2 Å². The van der Waals surface area contributed by atoms with Crippen molar-refractivity contribution in [1.29, 1.82) is 0 Å². The summed E-state index contributed by atoms with van der Waals surface area (Å²) in [5, 5.41) is 3.20. The Hall–Kier alpha value is -0.170. The van der Waals surface area contributed by atoms with E-state index >= 15 is 0 Å². The van der Waals surface area contributed by atoms with E-state index in [1.165, 1.54) is 12.8 Å². The van der Waals surface area contributed by atoms with Gasteiger partial charge >= 0.3 is 0 Å². The van der Waals surface area contributed by atoms with Crippen LogP contribution in [0.15, 0.2) is 0 Å².